The molecule has 3 rings (SSSR count). The van der Waals surface area contributed by atoms with E-state index < -0.39 is 0 Å². The van der Waals surface area contributed by atoms with E-state index in [2.05, 4.69) is 49.7 Å². The lowest BCUT2D eigenvalue weighted by molar-refractivity contribution is 0.193. The van der Waals surface area contributed by atoms with Crippen molar-refractivity contribution < 1.29 is 0 Å². The zero-order valence-electron chi connectivity index (χ0n) is 16.7. The van der Waals surface area contributed by atoms with Crippen LogP contribution in [0.1, 0.15) is 65.7 Å². The van der Waals surface area contributed by atoms with Gasteiger partial charge >= 0.3 is 0 Å². The molecule has 1 N–H and O–H groups in total. The monoisotopic (exact) mass is 342 g/mol. The topological polar surface area (TPSA) is 15.3 Å². The molecule has 140 valence electrons. The zero-order valence-corrected chi connectivity index (χ0v) is 16.7. The molecule has 0 unspecified atom stereocenters. The minimum atomic E-state index is 0.334. The average Bonchev–Trinajstić information content (AvgIpc) is 3.38. The SMILES string of the molecule is C=C(CC(C)(C)C)C1=CC=C(CN2CCC(CNC3CC3)CC2)CC1. The minimum Gasteiger partial charge on any atom is -0.314 e. The van der Waals surface area contributed by atoms with E-state index in [4.69, 9.17) is 0 Å². The van der Waals surface area contributed by atoms with Gasteiger partial charge in [0.1, 0.15) is 0 Å². The average molecular weight is 343 g/mol. The first-order valence-electron chi connectivity index (χ1n) is 10.4. The number of rotatable bonds is 7. The molecule has 2 aliphatic carbocycles. The van der Waals surface area contributed by atoms with Gasteiger partial charge in [-0.1, -0.05) is 50.6 Å². The van der Waals surface area contributed by atoms with Crippen LogP contribution >= 0.6 is 0 Å². The van der Waals surface area contributed by atoms with Crippen molar-refractivity contribution >= 4 is 0 Å². The van der Waals surface area contributed by atoms with Gasteiger partial charge in [0.05, 0.1) is 0 Å². The van der Waals surface area contributed by atoms with Crippen LogP contribution in [0.4, 0.5) is 0 Å². The fourth-order valence-corrected chi connectivity index (χ4v) is 4.12. The molecule has 1 heterocycles. The van der Waals surface area contributed by atoms with Gasteiger partial charge < -0.3 is 5.32 Å². The van der Waals surface area contributed by atoms with Crippen LogP contribution < -0.4 is 5.32 Å². The molecule has 0 amide bonds. The number of hydrogen-bond donors (Lipinski definition) is 1. The van der Waals surface area contributed by atoms with Gasteiger partial charge in [-0.2, -0.15) is 0 Å². The summed E-state index contributed by atoms with van der Waals surface area (Å²) in [6.07, 6.45) is 13.8. The predicted octanol–water partition coefficient (Wildman–Crippen LogP) is 5.09. The third-order valence-corrected chi connectivity index (χ3v) is 5.84. The van der Waals surface area contributed by atoms with E-state index in [-0.39, 0.29) is 0 Å². The summed E-state index contributed by atoms with van der Waals surface area (Å²) >= 11 is 0. The zero-order chi connectivity index (χ0) is 17.9. The molecule has 0 aromatic carbocycles. The Hall–Kier alpha value is -0.860. The summed E-state index contributed by atoms with van der Waals surface area (Å²) in [5.41, 5.74) is 4.76. The lowest BCUT2D eigenvalue weighted by atomic mass is 9.83. The Morgan fingerprint density at radius 1 is 1.12 bits per heavy atom. The van der Waals surface area contributed by atoms with Gasteiger partial charge in [-0.3, -0.25) is 4.90 Å². The van der Waals surface area contributed by atoms with Crippen LogP contribution in [0.25, 0.3) is 0 Å². The van der Waals surface area contributed by atoms with E-state index in [0.717, 1.165) is 18.4 Å². The first kappa shape index (κ1) is 18.9. The molecule has 0 radical (unpaired) electrons. The van der Waals surface area contributed by atoms with Crippen molar-refractivity contribution in [2.24, 2.45) is 11.3 Å². The molecular weight excluding hydrogens is 304 g/mol. The van der Waals surface area contributed by atoms with Crippen LogP contribution in [0.15, 0.2) is 35.5 Å². The van der Waals surface area contributed by atoms with E-state index in [1.807, 2.05) is 0 Å². The predicted molar refractivity (Wildman–Crippen MR) is 109 cm³/mol. The summed E-state index contributed by atoms with van der Waals surface area (Å²) < 4.78 is 0. The van der Waals surface area contributed by atoms with Crippen molar-refractivity contribution in [2.75, 3.05) is 26.2 Å². The molecule has 0 spiro atoms. The van der Waals surface area contributed by atoms with Crippen molar-refractivity contribution in [3.05, 3.63) is 35.5 Å². The van der Waals surface area contributed by atoms with Crippen LogP contribution in [0.5, 0.6) is 0 Å². The van der Waals surface area contributed by atoms with Gasteiger partial charge in [-0.25, -0.2) is 0 Å². The fourth-order valence-electron chi connectivity index (χ4n) is 4.12. The highest BCUT2D eigenvalue weighted by Gasteiger charge is 2.24. The van der Waals surface area contributed by atoms with Gasteiger partial charge in [-0.05, 0) is 81.5 Å². The lowest BCUT2D eigenvalue weighted by Gasteiger charge is -2.33. The van der Waals surface area contributed by atoms with E-state index in [1.54, 1.807) is 5.57 Å². The summed E-state index contributed by atoms with van der Waals surface area (Å²) in [6, 6.07) is 0.861. The molecule has 0 atom stereocenters. The Balaban J connectivity index is 1.41. The molecule has 2 fully saturated rings. The maximum absolute atomic E-state index is 4.33. The standard InChI is InChI=1S/C23H38N2/c1-18(15-23(2,3)4)21-7-5-20(6-8-21)17-25-13-11-19(12-14-25)16-24-22-9-10-22/h5,7,19,22,24H,1,6,8-17H2,2-4H3. The molecule has 3 aliphatic rings. The summed E-state index contributed by atoms with van der Waals surface area (Å²) in [6.45, 7) is 16.2. The second-order valence-electron chi connectivity index (χ2n) is 9.76. The molecule has 25 heavy (non-hydrogen) atoms. The summed E-state index contributed by atoms with van der Waals surface area (Å²) in [5, 5.41) is 3.71. The highest BCUT2D eigenvalue weighted by molar-refractivity contribution is 5.37. The van der Waals surface area contributed by atoms with Crippen molar-refractivity contribution in [3.63, 3.8) is 0 Å². The molecule has 0 aromatic heterocycles. The van der Waals surface area contributed by atoms with Crippen LogP contribution in [-0.2, 0) is 0 Å². The Morgan fingerprint density at radius 2 is 1.84 bits per heavy atom. The highest BCUT2D eigenvalue weighted by Crippen LogP contribution is 2.32. The van der Waals surface area contributed by atoms with Crippen molar-refractivity contribution in [1.82, 2.24) is 10.2 Å². The first-order chi connectivity index (χ1) is 11.9. The molecule has 0 bridgehead atoms. The number of piperidine rings is 1. The third-order valence-electron chi connectivity index (χ3n) is 5.84. The van der Waals surface area contributed by atoms with Crippen LogP contribution in [0.3, 0.4) is 0 Å². The van der Waals surface area contributed by atoms with Crippen molar-refractivity contribution in [1.29, 1.82) is 0 Å². The quantitative estimate of drug-likeness (QED) is 0.693. The number of hydrogen-bond acceptors (Lipinski definition) is 2. The Morgan fingerprint density at radius 3 is 2.40 bits per heavy atom. The van der Waals surface area contributed by atoms with Crippen LogP contribution in [0, 0.1) is 11.3 Å². The van der Waals surface area contributed by atoms with Gasteiger partial charge in [0, 0.05) is 12.6 Å². The number of allylic oxidation sites excluding steroid dienone is 4. The van der Waals surface area contributed by atoms with Gasteiger partial charge in [0.25, 0.3) is 0 Å². The van der Waals surface area contributed by atoms with Gasteiger partial charge in [0.15, 0.2) is 0 Å². The fraction of sp³-hybridized carbons (Fsp3) is 0.739. The van der Waals surface area contributed by atoms with Gasteiger partial charge in [0.2, 0.25) is 0 Å². The first-order valence-corrected chi connectivity index (χ1v) is 10.4. The smallest absolute Gasteiger partial charge is 0.0196 e. The van der Waals surface area contributed by atoms with Crippen LogP contribution in [0.2, 0.25) is 0 Å². The Kier molecular flexibility index (Phi) is 6.22. The lowest BCUT2D eigenvalue weighted by Crippen LogP contribution is -2.38. The van der Waals surface area contributed by atoms with E-state index in [1.165, 1.54) is 75.9 Å². The maximum Gasteiger partial charge on any atom is 0.0196 e. The van der Waals surface area contributed by atoms with E-state index >= 15 is 0 Å². The number of nitrogens with zero attached hydrogens (tertiary/aromatic N) is 1. The number of nitrogens with one attached hydrogen (secondary N) is 1. The molecule has 1 aliphatic heterocycles. The van der Waals surface area contributed by atoms with E-state index in [9.17, 15) is 0 Å². The normalized spacial score (nSPS) is 23.3. The molecule has 2 heteroatoms. The second-order valence-corrected chi connectivity index (χ2v) is 9.76. The molecular formula is C23H38N2. The Labute approximate surface area is 155 Å². The summed E-state index contributed by atoms with van der Waals surface area (Å²) in [4.78, 5) is 2.67. The molecule has 0 aromatic rings. The van der Waals surface area contributed by atoms with E-state index in [0.29, 0.717) is 5.41 Å². The molecule has 1 saturated heterocycles. The summed E-state index contributed by atoms with van der Waals surface area (Å²) in [5.74, 6) is 0.907. The van der Waals surface area contributed by atoms with Crippen molar-refractivity contribution in [2.45, 2.75) is 71.8 Å². The van der Waals surface area contributed by atoms with Gasteiger partial charge in [-0.15, -0.1) is 0 Å². The minimum absolute atomic E-state index is 0.334. The second kappa shape index (κ2) is 8.22. The molecule has 1 saturated carbocycles. The maximum atomic E-state index is 4.33. The summed E-state index contributed by atoms with van der Waals surface area (Å²) in [7, 11) is 0. The van der Waals surface area contributed by atoms with Crippen molar-refractivity contribution in [3.8, 4) is 0 Å². The number of likely N-dealkylation sites (tertiary alicyclic amines) is 1. The highest BCUT2D eigenvalue weighted by atomic mass is 15.1. The largest absolute Gasteiger partial charge is 0.314 e. The Bertz CT molecular complexity index is 523. The third kappa shape index (κ3) is 6.42. The molecule has 2 nitrogen and oxygen atoms in total. The van der Waals surface area contributed by atoms with Crippen LogP contribution in [-0.4, -0.2) is 37.1 Å².